The van der Waals surface area contributed by atoms with E-state index in [-0.39, 0.29) is 11.4 Å². The predicted octanol–water partition coefficient (Wildman–Crippen LogP) is 2.79. The lowest BCUT2D eigenvalue weighted by atomic mass is 10.0. The van der Waals surface area contributed by atoms with Gasteiger partial charge in [-0.3, -0.25) is 10.1 Å². The Bertz CT molecular complexity index is 505. The van der Waals surface area contributed by atoms with Gasteiger partial charge in [0.15, 0.2) is 0 Å². The molecule has 1 aromatic rings. The van der Waals surface area contributed by atoms with Crippen molar-refractivity contribution in [2.75, 3.05) is 7.11 Å². The number of methoxy groups -OCH3 is 1. The summed E-state index contributed by atoms with van der Waals surface area (Å²) in [6.07, 6.45) is 3.65. The van der Waals surface area contributed by atoms with Gasteiger partial charge >= 0.3 is 5.69 Å². The van der Waals surface area contributed by atoms with Gasteiger partial charge in [0.1, 0.15) is 11.4 Å². The van der Waals surface area contributed by atoms with Crippen LogP contribution in [0.15, 0.2) is 18.2 Å². The average molecular weight is 235 g/mol. The molecular weight excluding hydrogens is 222 g/mol. The van der Waals surface area contributed by atoms with Crippen LogP contribution in [0.4, 0.5) is 5.69 Å². The molecule has 0 atom stereocenters. The van der Waals surface area contributed by atoms with E-state index in [1.165, 1.54) is 13.2 Å². The van der Waals surface area contributed by atoms with Crippen molar-refractivity contribution in [3.8, 4) is 11.5 Å². The van der Waals surface area contributed by atoms with Gasteiger partial charge in [0.05, 0.1) is 17.6 Å². The number of nitrogens with zero attached hydrogens (tertiary/aromatic N) is 1. The third kappa shape index (κ3) is 1.95. The van der Waals surface area contributed by atoms with Crippen LogP contribution in [0, 0.1) is 10.1 Å². The molecule has 0 unspecified atom stereocenters. The number of rotatable bonds is 2. The second-order valence-electron chi connectivity index (χ2n) is 4.33. The van der Waals surface area contributed by atoms with Gasteiger partial charge in [-0.2, -0.15) is 0 Å². The van der Waals surface area contributed by atoms with Crippen molar-refractivity contribution in [1.82, 2.24) is 0 Å². The summed E-state index contributed by atoms with van der Waals surface area (Å²) in [4.78, 5) is 10.4. The molecule has 5 heteroatoms. The Kier molecular flexibility index (Phi) is 2.53. The molecule has 0 bridgehead atoms. The van der Waals surface area contributed by atoms with Crippen LogP contribution in [0.1, 0.15) is 19.4 Å². The first-order chi connectivity index (χ1) is 7.94. The highest BCUT2D eigenvalue weighted by molar-refractivity contribution is 5.72. The highest BCUT2D eigenvalue weighted by Gasteiger charge is 2.28. The van der Waals surface area contributed by atoms with E-state index in [4.69, 9.17) is 9.47 Å². The average Bonchev–Trinajstić information content (AvgIpc) is 2.25. The summed E-state index contributed by atoms with van der Waals surface area (Å²) in [6.45, 7) is 3.83. The SMILES string of the molecule is COc1c([N+](=O)[O-])ccc2c1C=CC(C)(C)O2. The predicted molar refractivity (Wildman–Crippen MR) is 63.4 cm³/mol. The molecule has 0 N–H and O–H groups in total. The molecule has 0 aliphatic carbocycles. The van der Waals surface area contributed by atoms with Gasteiger partial charge in [-0.15, -0.1) is 0 Å². The summed E-state index contributed by atoms with van der Waals surface area (Å²) in [5.41, 5.74) is 0.147. The first-order valence-electron chi connectivity index (χ1n) is 5.18. The molecule has 1 aliphatic rings. The molecule has 1 aliphatic heterocycles. The second-order valence-corrected chi connectivity index (χ2v) is 4.33. The topological polar surface area (TPSA) is 61.6 Å². The molecule has 0 amide bonds. The minimum Gasteiger partial charge on any atom is -0.490 e. The van der Waals surface area contributed by atoms with Crippen LogP contribution < -0.4 is 9.47 Å². The lowest BCUT2D eigenvalue weighted by molar-refractivity contribution is -0.385. The summed E-state index contributed by atoms with van der Waals surface area (Å²) in [5, 5.41) is 10.9. The van der Waals surface area contributed by atoms with Crippen LogP contribution >= 0.6 is 0 Å². The molecule has 2 rings (SSSR count). The maximum atomic E-state index is 10.9. The van der Waals surface area contributed by atoms with Gasteiger partial charge < -0.3 is 9.47 Å². The highest BCUT2D eigenvalue weighted by atomic mass is 16.6. The zero-order valence-corrected chi connectivity index (χ0v) is 9.89. The number of hydrogen-bond acceptors (Lipinski definition) is 4. The van der Waals surface area contributed by atoms with E-state index in [0.29, 0.717) is 11.3 Å². The number of benzene rings is 1. The van der Waals surface area contributed by atoms with Crippen molar-refractivity contribution in [2.24, 2.45) is 0 Å². The van der Waals surface area contributed by atoms with E-state index >= 15 is 0 Å². The number of nitro groups is 1. The molecule has 0 saturated heterocycles. The fourth-order valence-corrected chi connectivity index (χ4v) is 1.78. The molecule has 0 spiro atoms. The van der Waals surface area contributed by atoms with Gasteiger partial charge in [0.25, 0.3) is 0 Å². The minimum atomic E-state index is -0.466. The molecule has 1 heterocycles. The summed E-state index contributed by atoms with van der Waals surface area (Å²) in [7, 11) is 1.41. The fraction of sp³-hybridized carbons (Fsp3) is 0.333. The number of fused-ring (bicyclic) bond motifs is 1. The summed E-state index contributed by atoms with van der Waals surface area (Å²) >= 11 is 0. The molecule has 0 radical (unpaired) electrons. The molecule has 5 nitrogen and oxygen atoms in total. The Balaban J connectivity index is 2.60. The van der Waals surface area contributed by atoms with Crippen LogP contribution in [-0.4, -0.2) is 17.6 Å². The Morgan fingerprint density at radius 1 is 1.41 bits per heavy atom. The van der Waals surface area contributed by atoms with Crippen molar-refractivity contribution in [3.05, 3.63) is 33.9 Å². The van der Waals surface area contributed by atoms with Crippen molar-refractivity contribution in [2.45, 2.75) is 19.4 Å². The Hall–Kier alpha value is -2.04. The van der Waals surface area contributed by atoms with E-state index in [1.54, 1.807) is 12.1 Å². The fourth-order valence-electron chi connectivity index (χ4n) is 1.78. The van der Waals surface area contributed by atoms with E-state index in [9.17, 15) is 10.1 Å². The van der Waals surface area contributed by atoms with Crippen LogP contribution in [0.3, 0.4) is 0 Å². The maximum absolute atomic E-state index is 10.9. The smallest absolute Gasteiger partial charge is 0.311 e. The second kappa shape index (κ2) is 3.76. The zero-order valence-electron chi connectivity index (χ0n) is 9.89. The standard InChI is InChI=1S/C12H13NO4/c1-12(2)7-6-8-10(17-12)5-4-9(13(14)15)11(8)16-3/h4-7H,1-3H3. The highest BCUT2D eigenvalue weighted by Crippen LogP contribution is 2.41. The lowest BCUT2D eigenvalue weighted by Gasteiger charge is -2.28. The third-order valence-electron chi connectivity index (χ3n) is 2.56. The van der Waals surface area contributed by atoms with Gasteiger partial charge in [0.2, 0.25) is 5.75 Å². The molecule has 0 saturated carbocycles. The first-order valence-corrected chi connectivity index (χ1v) is 5.18. The summed E-state index contributed by atoms with van der Waals surface area (Å²) in [5.74, 6) is 0.833. The van der Waals surface area contributed by atoms with E-state index in [2.05, 4.69) is 0 Å². The van der Waals surface area contributed by atoms with E-state index in [1.807, 2.05) is 19.9 Å². The van der Waals surface area contributed by atoms with Crippen molar-refractivity contribution in [3.63, 3.8) is 0 Å². The van der Waals surface area contributed by atoms with Gasteiger partial charge in [-0.05, 0) is 32.1 Å². The van der Waals surface area contributed by atoms with Crippen LogP contribution in [0.5, 0.6) is 11.5 Å². The largest absolute Gasteiger partial charge is 0.490 e. The Labute approximate surface area is 98.8 Å². The summed E-state index contributed by atoms with van der Waals surface area (Å²) in [6, 6.07) is 2.99. The van der Waals surface area contributed by atoms with Crippen LogP contribution in [-0.2, 0) is 0 Å². The van der Waals surface area contributed by atoms with Crippen molar-refractivity contribution < 1.29 is 14.4 Å². The molecule has 1 aromatic carbocycles. The monoisotopic (exact) mass is 235 g/mol. The number of hydrogen-bond donors (Lipinski definition) is 0. The first kappa shape index (κ1) is 11.4. The normalized spacial score (nSPS) is 15.9. The molecule has 0 fully saturated rings. The van der Waals surface area contributed by atoms with E-state index < -0.39 is 10.5 Å². The number of ether oxygens (including phenoxy) is 2. The third-order valence-corrected chi connectivity index (χ3v) is 2.56. The van der Waals surface area contributed by atoms with Crippen LogP contribution in [0.2, 0.25) is 0 Å². The van der Waals surface area contributed by atoms with Gasteiger partial charge in [-0.25, -0.2) is 0 Å². The minimum absolute atomic E-state index is 0.0563. The molecule has 0 aromatic heterocycles. The molecular formula is C12H13NO4. The maximum Gasteiger partial charge on any atom is 0.311 e. The number of nitro benzene ring substituents is 1. The summed E-state index contributed by atoms with van der Waals surface area (Å²) < 4.78 is 10.8. The molecule has 90 valence electrons. The van der Waals surface area contributed by atoms with Gasteiger partial charge in [-0.1, -0.05) is 0 Å². The quantitative estimate of drug-likeness (QED) is 0.584. The van der Waals surface area contributed by atoms with E-state index in [0.717, 1.165) is 0 Å². The Morgan fingerprint density at radius 3 is 2.71 bits per heavy atom. The van der Waals surface area contributed by atoms with Crippen molar-refractivity contribution >= 4 is 11.8 Å². The molecule has 17 heavy (non-hydrogen) atoms. The van der Waals surface area contributed by atoms with Gasteiger partial charge in [0, 0.05) is 6.07 Å². The van der Waals surface area contributed by atoms with Crippen molar-refractivity contribution in [1.29, 1.82) is 0 Å². The van der Waals surface area contributed by atoms with Crippen LogP contribution in [0.25, 0.3) is 6.08 Å². The lowest BCUT2D eigenvalue weighted by Crippen LogP contribution is -2.27. The Morgan fingerprint density at radius 2 is 2.12 bits per heavy atom. The zero-order chi connectivity index (χ0) is 12.6.